The van der Waals surface area contributed by atoms with E-state index in [1.807, 2.05) is 0 Å². The van der Waals surface area contributed by atoms with Gasteiger partial charge in [0.2, 0.25) is 0 Å². The first-order chi connectivity index (χ1) is 17.9. The standard InChI is InChI=1S/C28H27F2N5O2/c29-22-9-20(10-23(30)27(22)36)28(37)31-13-16-1-7-21(8-2-16)35-14-19-6-5-18(11-26(19)34-35)25-12-24(17-3-4-17)32-15-33-25/h5-6,9-12,14-17,21,36H,1-4,7-8,13H2,(H,31,37)/t16-,21-. The van der Waals surface area contributed by atoms with E-state index in [1.165, 1.54) is 12.8 Å². The van der Waals surface area contributed by atoms with Crippen LogP contribution in [0.4, 0.5) is 8.78 Å². The number of halogens is 2. The Balaban J connectivity index is 1.07. The molecule has 2 saturated carbocycles. The molecule has 2 aromatic carbocycles. The molecular weight excluding hydrogens is 476 g/mol. The smallest absolute Gasteiger partial charge is 0.251 e. The van der Waals surface area contributed by atoms with Crippen LogP contribution in [0.3, 0.4) is 0 Å². The molecule has 0 radical (unpaired) electrons. The molecule has 2 aliphatic carbocycles. The van der Waals surface area contributed by atoms with Crippen molar-refractivity contribution in [1.82, 2.24) is 25.1 Å². The van der Waals surface area contributed by atoms with Gasteiger partial charge in [0.05, 0.1) is 17.3 Å². The summed E-state index contributed by atoms with van der Waals surface area (Å²) in [4.78, 5) is 21.2. The highest BCUT2D eigenvalue weighted by Gasteiger charge is 2.26. The number of hydrogen-bond donors (Lipinski definition) is 2. The van der Waals surface area contributed by atoms with Crippen LogP contribution in [0.1, 0.15) is 66.5 Å². The van der Waals surface area contributed by atoms with Gasteiger partial charge in [-0.3, -0.25) is 9.48 Å². The lowest BCUT2D eigenvalue weighted by atomic mass is 9.86. The van der Waals surface area contributed by atoms with Crippen molar-refractivity contribution in [2.75, 3.05) is 6.54 Å². The number of phenolic OH excluding ortho intramolecular Hbond substituents is 1. The zero-order chi connectivity index (χ0) is 25.5. The van der Waals surface area contributed by atoms with E-state index in [1.54, 1.807) is 6.33 Å². The van der Waals surface area contributed by atoms with Crippen LogP contribution in [-0.4, -0.2) is 37.3 Å². The molecular formula is C28H27F2N5O2. The van der Waals surface area contributed by atoms with Gasteiger partial charge in [0.15, 0.2) is 17.4 Å². The number of aromatic hydroxyl groups is 1. The second-order valence-electron chi connectivity index (χ2n) is 10.2. The molecule has 2 aromatic heterocycles. The molecule has 1 amide bonds. The third-order valence-electron chi connectivity index (χ3n) is 7.53. The summed E-state index contributed by atoms with van der Waals surface area (Å²) in [5.41, 5.74) is 3.87. The molecule has 190 valence electrons. The zero-order valence-corrected chi connectivity index (χ0v) is 20.2. The van der Waals surface area contributed by atoms with Crippen LogP contribution in [0.15, 0.2) is 48.9 Å². The Morgan fingerprint density at radius 3 is 2.49 bits per heavy atom. The van der Waals surface area contributed by atoms with Gasteiger partial charge in [-0.15, -0.1) is 0 Å². The Kier molecular flexibility index (Phi) is 6.06. The van der Waals surface area contributed by atoms with E-state index in [2.05, 4.69) is 50.4 Å². The van der Waals surface area contributed by atoms with E-state index in [9.17, 15) is 18.7 Å². The minimum absolute atomic E-state index is 0.144. The van der Waals surface area contributed by atoms with Gasteiger partial charge in [-0.25, -0.2) is 18.7 Å². The Bertz CT molecular complexity index is 1450. The van der Waals surface area contributed by atoms with E-state index in [4.69, 9.17) is 5.10 Å². The summed E-state index contributed by atoms with van der Waals surface area (Å²) in [5.74, 6) is -3.07. The summed E-state index contributed by atoms with van der Waals surface area (Å²) in [6.45, 7) is 0.432. The van der Waals surface area contributed by atoms with E-state index in [0.717, 1.165) is 65.7 Å². The Hall–Kier alpha value is -3.88. The van der Waals surface area contributed by atoms with Crippen molar-refractivity contribution < 1.29 is 18.7 Å². The van der Waals surface area contributed by atoms with Crippen molar-refractivity contribution in [1.29, 1.82) is 0 Å². The number of rotatable bonds is 6. The SMILES string of the molecule is O=C(NC[C@H]1CC[C@H](n2cc3ccc(-c4cc(C5CC5)ncn4)cc3n2)CC1)c1cc(F)c(O)c(F)c1. The van der Waals surface area contributed by atoms with E-state index in [-0.39, 0.29) is 17.5 Å². The Morgan fingerprint density at radius 1 is 1.00 bits per heavy atom. The highest BCUT2D eigenvalue weighted by Crippen LogP contribution is 2.39. The lowest BCUT2D eigenvalue weighted by Gasteiger charge is -2.28. The average molecular weight is 504 g/mol. The molecule has 2 aliphatic rings. The molecule has 2 heterocycles. The summed E-state index contributed by atoms with van der Waals surface area (Å²) >= 11 is 0. The third kappa shape index (κ3) is 4.90. The number of aromatic nitrogens is 4. The van der Waals surface area contributed by atoms with Gasteiger partial charge in [0.1, 0.15) is 6.33 Å². The van der Waals surface area contributed by atoms with Crippen molar-refractivity contribution in [3.63, 3.8) is 0 Å². The fourth-order valence-corrected chi connectivity index (χ4v) is 5.16. The molecule has 0 bridgehead atoms. The summed E-state index contributed by atoms with van der Waals surface area (Å²) in [6, 6.07) is 10.3. The van der Waals surface area contributed by atoms with Crippen LogP contribution in [0.5, 0.6) is 5.75 Å². The van der Waals surface area contributed by atoms with Crippen LogP contribution in [-0.2, 0) is 0 Å². The summed E-state index contributed by atoms with van der Waals surface area (Å²) in [6.07, 6.45) is 9.83. The number of phenols is 1. The lowest BCUT2D eigenvalue weighted by Crippen LogP contribution is -2.31. The quantitative estimate of drug-likeness (QED) is 0.362. The van der Waals surface area contributed by atoms with Gasteiger partial charge in [-0.05, 0) is 68.7 Å². The third-order valence-corrected chi connectivity index (χ3v) is 7.53. The number of benzene rings is 2. The predicted octanol–water partition coefficient (Wildman–Crippen LogP) is 5.52. The minimum Gasteiger partial charge on any atom is -0.503 e. The van der Waals surface area contributed by atoms with Gasteiger partial charge in [0.25, 0.3) is 5.91 Å². The van der Waals surface area contributed by atoms with Crippen LogP contribution in [0, 0.1) is 17.6 Å². The second-order valence-corrected chi connectivity index (χ2v) is 10.2. The topological polar surface area (TPSA) is 92.9 Å². The van der Waals surface area contributed by atoms with E-state index in [0.29, 0.717) is 12.5 Å². The number of carbonyl (C=O) groups is 1. The van der Waals surface area contributed by atoms with E-state index < -0.39 is 23.3 Å². The number of nitrogens with zero attached hydrogens (tertiary/aromatic N) is 4. The molecule has 9 heteroatoms. The fraction of sp³-hybridized carbons (Fsp3) is 0.357. The molecule has 0 aliphatic heterocycles. The highest BCUT2D eigenvalue weighted by atomic mass is 19.1. The minimum atomic E-state index is -1.15. The van der Waals surface area contributed by atoms with Crippen molar-refractivity contribution in [2.24, 2.45) is 5.92 Å². The van der Waals surface area contributed by atoms with Crippen molar-refractivity contribution in [2.45, 2.75) is 50.5 Å². The molecule has 4 aromatic rings. The van der Waals surface area contributed by atoms with Crippen molar-refractivity contribution in [3.8, 4) is 17.0 Å². The summed E-state index contributed by atoms with van der Waals surface area (Å²) < 4.78 is 29.2. The maximum Gasteiger partial charge on any atom is 0.251 e. The van der Waals surface area contributed by atoms with Gasteiger partial charge in [-0.2, -0.15) is 5.10 Å². The molecule has 2 fully saturated rings. The van der Waals surface area contributed by atoms with Crippen LogP contribution in [0.25, 0.3) is 22.2 Å². The summed E-state index contributed by atoms with van der Waals surface area (Å²) in [7, 11) is 0. The monoisotopic (exact) mass is 503 g/mol. The number of amides is 1. The molecule has 0 saturated heterocycles. The first-order valence-corrected chi connectivity index (χ1v) is 12.7. The van der Waals surface area contributed by atoms with Crippen molar-refractivity contribution >= 4 is 16.8 Å². The predicted molar refractivity (Wildman–Crippen MR) is 134 cm³/mol. The summed E-state index contributed by atoms with van der Waals surface area (Å²) in [5, 5.41) is 17.9. The largest absolute Gasteiger partial charge is 0.503 e. The van der Waals surface area contributed by atoms with Gasteiger partial charge >= 0.3 is 0 Å². The molecule has 0 spiro atoms. The highest BCUT2D eigenvalue weighted by molar-refractivity contribution is 5.94. The molecule has 2 N–H and O–H groups in total. The molecule has 0 atom stereocenters. The normalized spacial score (nSPS) is 19.7. The second kappa shape index (κ2) is 9.53. The first-order valence-electron chi connectivity index (χ1n) is 12.7. The number of fused-ring (bicyclic) bond motifs is 1. The molecule has 7 nitrogen and oxygen atoms in total. The van der Waals surface area contributed by atoms with Crippen LogP contribution in [0.2, 0.25) is 0 Å². The van der Waals surface area contributed by atoms with Crippen LogP contribution >= 0.6 is 0 Å². The van der Waals surface area contributed by atoms with Gasteiger partial charge in [-0.1, -0.05) is 12.1 Å². The van der Waals surface area contributed by atoms with Gasteiger partial charge in [0, 0.05) is 40.9 Å². The Labute approximate surface area is 212 Å². The molecule has 0 unspecified atom stereocenters. The lowest BCUT2D eigenvalue weighted by molar-refractivity contribution is 0.0940. The van der Waals surface area contributed by atoms with Crippen LogP contribution < -0.4 is 5.32 Å². The number of hydrogen-bond acceptors (Lipinski definition) is 5. The molecule has 37 heavy (non-hydrogen) atoms. The van der Waals surface area contributed by atoms with E-state index >= 15 is 0 Å². The maximum absolute atomic E-state index is 13.5. The first kappa shape index (κ1) is 23.5. The number of nitrogens with one attached hydrogen (secondary N) is 1. The Morgan fingerprint density at radius 2 is 1.76 bits per heavy atom. The molecule has 6 rings (SSSR count). The van der Waals surface area contributed by atoms with Crippen molar-refractivity contribution in [3.05, 3.63) is 71.8 Å². The van der Waals surface area contributed by atoms with Gasteiger partial charge < -0.3 is 10.4 Å². The maximum atomic E-state index is 13.5. The average Bonchev–Trinajstić information content (AvgIpc) is 3.69. The number of carbonyl (C=O) groups excluding carboxylic acids is 1. The fourth-order valence-electron chi connectivity index (χ4n) is 5.16. The zero-order valence-electron chi connectivity index (χ0n) is 20.2.